The predicted molar refractivity (Wildman–Crippen MR) is 76.5 cm³/mol. The number of carbonyl (C=O) groups excluding carboxylic acids is 1. The summed E-state index contributed by atoms with van der Waals surface area (Å²) in [7, 11) is 3.27. The molecule has 0 bridgehead atoms. The summed E-state index contributed by atoms with van der Waals surface area (Å²) in [5.74, 6) is 0.160. The fourth-order valence-electron chi connectivity index (χ4n) is 1.67. The first-order valence-electron chi connectivity index (χ1n) is 6.22. The fraction of sp³-hybridized carbons (Fsp3) is 0.500. The van der Waals surface area contributed by atoms with Gasteiger partial charge in [0.25, 0.3) is 0 Å². The molecular weight excluding hydrogens is 262 g/mol. The van der Waals surface area contributed by atoms with Crippen molar-refractivity contribution < 1.29 is 9.72 Å². The van der Waals surface area contributed by atoms with Crippen LogP contribution in [0.5, 0.6) is 0 Å². The third-order valence-corrected chi connectivity index (χ3v) is 2.69. The number of hydrogen-bond acceptors (Lipinski definition) is 6. The lowest BCUT2D eigenvalue weighted by atomic mass is 10.3. The lowest BCUT2D eigenvalue weighted by molar-refractivity contribution is -0.384. The molecule has 0 radical (unpaired) electrons. The van der Waals surface area contributed by atoms with Crippen molar-refractivity contribution in [2.24, 2.45) is 0 Å². The van der Waals surface area contributed by atoms with E-state index in [1.54, 1.807) is 19.0 Å². The molecule has 0 saturated heterocycles. The van der Waals surface area contributed by atoms with Crippen molar-refractivity contribution in [2.75, 3.05) is 37.8 Å². The summed E-state index contributed by atoms with van der Waals surface area (Å²) >= 11 is 0. The Morgan fingerprint density at radius 3 is 2.60 bits per heavy atom. The van der Waals surface area contributed by atoms with Crippen LogP contribution in [-0.4, -0.2) is 47.9 Å². The molecule has 2 N–H and O–H groups in total. The molecule has 0 saturated carbocycles. The van der Waals surface area contributed by atoms with E-state index >= 15 is 0 Å². The number of carbonyl (C=O) groups is 1. The summed E-state index contributed by atoms with van der Waals surface area (Å²) in [5.41, 5.74) is 5.44. The van der Waals surface area contributed by atoms with Crippen LogP contribution in [0.1, 0.15) is 13.3 Å². The summed E-state index contributed by atoms with van der Waals surface area (Å²) in [6.07, 6.45) is 0.730. The number of hydrogen-bond donors (Lipinski definition) is 1. The third kappa shape index (κ3) is 3.81. The van der Waals surface area contributed by atoms with Gasteiger partial charge < -0.3 is 15.5 Å². The summed E-state index contributed by atoms with van der Waals surface area (Å²) in [5, 5.41) is 11.1. The number of anilines is 2. The van der Waals surface area contributed by atoms with Gasteiger partial charge in [0.2, 0.25) is 11.7 Å². The van der Waals surface area contributed by atoms with Crippen molar-refractivity contribution in [3.63, 3.8) is 0 Å². The maximum absolute atomic E-state index is 11.8. The molecule has 0 spiro atoms. The van der Waals surface area contributed by atoms with E-state index in [0.717, 1.165) is 6.42 Å². The number of nitrogens with two attached hydrogens (primary N) is 1. The Morgan fingerprint density at radius 1 is 1.45 bits per heavy atom. The van der Waals surface area contributed by atoms with Gasteiger partial charge in [0, 0.05) is 26.7 Å². The third-order valence-electron chi connectivity index (χ3n) is 2.69. The zero-order valence-electron chi connectivity index (χ0n) is 11.9. The zero-order chi connectivity index (χ0) is 15.3. The first-order chi connectivity index (χ1) is 9.36. The molecule has 0 aliphatic heterocycles. The molecule has 0 aromatic carbocycles. The lowest BCUT2D eigenvalue weighted by Gasteiger charge is -2.24. The minimum Gasteiger partial charge on any atom is -0.384 e. The molecule has 1 heterocycles. The van der Waals surface area contributed by atoms with Crippen LogP contribution >= 0.6 is 0 Å². The Bertz CT molecular complexity index is 504. The van der Waals surface area contributed by atoms with E-state index in [1.165, 1.54) is 17.0 Å². The minimum absolute atomic E-state index is 0.0259. The molecule has 0 aliphatic rings. The van der Waals surface area contributed by atoms with Crippen molar-refractivity contribution in [1.82, 2.24) is 9.88 Å². The number of nitrogen functional groups attached to an aromatic ring is 1. The van der Waals surface area contributed by atoms with Crippen molar-refractivity contribution >= 4 is 23.2 Å². The van der Waals surface area contributed by atoms with Crippen LogP contribution in [0.2, 0.25) is 0 Å². The highest BCUT2D eigenvalue weighted by Gasteiger charge is 2.23. The van der Waals surface area contributed by atoms with Crippen LogP contribution in [0.4, 0.5) is 17.3 Å². The maximum atomic E-state index is 11.8. The van der Waals surface area contributed by atoms with E-state index in [1.807, 2.05) is 6.92 Å². The summed E-state index contributed by atoms with van der Waals surface area (Å²) in [6.45, 7) is 2.43. The number of likely N-dealkylation sites (N-methyl/N-ethyl adjacent to an activating group) is 1. The number of nitro groups is 1. The first kappa shape index (κ1) is 15.7. The van der Waals surface area contributed by atoms with Crippen LogP contribution in [0.3, 0.4) is 0 Å². The van der Waals surface area contributed by atoms with Gasteiger partial charge in [0.15, 0.2) is 0 Å². The van der Waals surface area contributed by atoms with Crippen molar-refractivity contribution in [3.05, 3.63) is 22.2 Å². The molecule has 1 aromatic heterocycles. The minimum atomic E-state index is -0.523. The maximum Gasteiger partial charge on any atom is 0.311 e. The molecule has 110 valence electrons. The second-order valence-electron chi connectivity index (χ2n) is 4.55. The molecule has 1 amide bonds. The fourth-order valence-corrected chi connectivity index (χ4v) is 1.67. The van der Waals surface area contributed by atoms with Crippen LogP contribution in [-0.2, 0) is 4.79 Å². The quantitative estimate of drug-likeness (QED) is 0.612. The van der Waals surface area contributed by atoms with Gasteiger partial charge in [-0.15, -0.1) is 0 Å². The van der Waals surface area contributed by atoms with Crippen LogP contribution in [0.25, 0.3) is 0 Å². The number of nitrogens with zero attached hydrogens (tertiary/aromatic N) is 4. The van der Waals surface area contributed by atoms with Crippen molar-refractivity contribution in [1.29, 1.82) is 0 Å². The highest BCUT2D eigenvalue weighted by Crippen LogP contribution is 2.27. The molecular formula is C12H19N5O3. The van der Waals surface area contributed by atoms with Gasteiger partial charge in [-0.1, -0.05) is 6.92 Å². The zero-order valence-corrected chi connectivity index (χ0v) is 11.9. The van der Waals surface area contributed by atoms with E-state index < -0.39 is 4.92 Å². The van der Waals surface area contributed by atoms with Gasteiger partial charge in [-0.3, -0.25) is 14.9 Å². The van der Waals surface area contributed by atoms with E-state index in [4.69, 9.17) is 5.73 Å². The SMILES string of the molecule is CCCN(CC(=O)N(C)C)c1nc(N)ccc1[N+](=O)[O-]. The lowest BCUT2D eigenvalue weighted by Crippen LogP contribution is -2.38. The highest BCUT2D eigenvalue weighted by atomic mass is 16.6. The standard InChI is InChI=1S/C12H19N5O3/c1-4-7-16(8-11(18)15(2)3)12-9(17(19)20)5-6-10(13)14-12/h5-6H,4,7-8H2,1-3H3,(H2,13,14). The predicted octanol–water partition coefficient (Wildman–Crippen LogP) is 0.877. The summed E-state index contributed by atoms with van der Waals surface area (Å²) in [4.78, 5) is 29.4. The topological polar surface area (TPSA) is 106 Å². The van der Waals surface area contributed by atoms with Crippen molar-refractivity contribution in [3.8, 4) is 0 Å². The second kappa shape index (κ2) is 6.69. The normalized spacial score (nSPS) is 10.2. The molecule has 0 unspecified atom stereocenters. The van der Waals surface area contributed by atoms with Gasteiger partial charge in [0.05, 0.1) is 11.5 Å². The Labute approximate surface area is 117 Å². The number of pyridine rings is 1. The Balaban J connectivity index is 3.16. The number of rotatable bonds is 6. The van der Waals surface area contributed by atoms with Gasteiger partial charge in [0.1, 0.15) is 5.82 Å². The molecule has 0 atom stereocenters. The molecule has 20 heavy (non-hydrogen) atoms. The highest BCUT2D eigenvalue weighted by molar-refractivity contribution is 5.81. The number of aromatic nitrogens is 1. The van der Waals surface area contributed by atoms with E-state index in [0.29, 0.717) is 6.54 Å². The molecule has 1 aromatic rings. The van der Waals surface area contributed by atoms with Crippen LogP contribution < -0.4 is 10.6 Å². The summed E-state index contributed by atoms with van der Waals surface area (Å²) < 4.78 is 0. The van der Waals surface area contributed by atoms with Crippen LogP contribution in [0, 0.1) is 10.1 Å². The average molecular weight is 281 g/mol. The van der Waals surface area contributed by atoms with Crippen LogP contribution in [0.15, 0.2) is 12.1 Å². The summed E-state index contributed by atoms with van der Waals surface area (Å²) in [6, 6.07) is 2.68. The molecule has 1 rings (SSSR count). The van der Waals surface area contributed by atoms with E-state index in [9.17, 15) is 14.9 Å². The first-order valence-corrected chi connectivity index (χ1v) is 6.22. The molecule has 0 aliphatic carbocycles. The Hall–Kier alpha value is -2.38. The smallest absolute Gasteiger partial charge is 0.311 e. The van der Waals surface area contributed by atoms with Crippen molar-refractivity contribution in [2.45, 2.75) is 13.3 Å². The van der Waals surface area contributed by atoms with Gasteiger partial charge in [-0.05, 0) is 12.5 Å². The van der Waals surface area contributed by atoms with E-state index in [-0.39, 0.29) is 29.8 Å². The Kier molecular flexibility index (Phi) is 5.24. The molecule has 8 heteroatoms. The van der Waals surface area contributed by atoms with Gasteiger partial charge in [-0.2, -0.15) is 0 Å². The van der Waals surface area contributed by atoms with Gasteiger partial charge in [-0.25, -0.2) is 4.98 Å². The van der Waals surface area contributed by atoms with E-state index in [2.05, 4.69) is 4.98 Å². The number of amides is 1. The Morgan fingerprint density at radius 2 is 2.10 bits per heavy atom. The molecule has 8 nitrogen and oxygen atoms in total. The second-order valence-corrected chi connectivity index (χ2v) is 4.55. The molecule has 0 fully saturated rings. The average Bonchev–Trinajstić information content (AvgIpc) is 2.37. The largest absolute Gasteiger partial charge is 0.384 e. The monoisotopic (exact) mass is 281 g/mol. The van der Waals surface area contributed by atoms with Gasteiger partial charge >= 0.3 is 5.69 Å².